The molecule has 4 heteroatoms. The first-order chi connectivity index (χ1) is 14.9. The number of amides is 2. The fourth-order valence-corrected chi connectivity index (χ4v) is 3.65. The fraction of sp³-hybridized carbons (Fsp3) is 0.259. The van der Waals surface area contributed by atoms with Gasteiger partial charge in [0.15, 0.2) is 0 Å². The van der Waals surface area contributed by atoms with Crippen LogP contribution in [0.4, 0.5) is 0 Å². The number of nitrogens with zero attached hydrogens (tertiary/aromatic N) is 1. The second-order valence-electron chi connectivity index (χ2n) is 8.07. The average molecular weight is 415 g/mol. The van der Waals surface area contributed by atoms with Crippen LogP contribution in [-0.2, 0) is 11.2 Å². The molecule has 160 valence electrons. The Morgan fingerprint density at radius 2 is 1.48 bits per heavy atom. The summed E-state index contributed by atoms with van der Waals surface area (Å²) >= 11 is 0. The van der Waals surface area contributed by atoms with Gasteiger partial charge in [0.05, 0.1) is 0 Å². The van der Waals surface area contributed by atoms with Crippen molar-refractivity contribution in [2.45, 2.75) is 46.6 Å². The summed E-state index contributed by atoms with van der Waals surface area (Å²) in [5.41, 5.74) is 9.28. The molecule has 0 aliphatic heterocycles. The Morgan fingerprint density at radius 3 is 2.19 bits per heavy atom. The minimum atomic E-state index is -0.279. The van der Waals surface area contributed by atoms with Gasteiger partial charge < -0.3 is 0 Å². The molecule has 0 saturated carbocycles. The van der Waals surface area contributed by atoms with Gasteiger partial charge in [0.1, 0.15) is 0 Å². The molecule has 0 spiro atoms. The Bertz CT molecular complexity index is 1060. The molecule has 0 heterocycles. The lowest BCUT2D eigenvalue weighted by Gasteiger charge is -2.27. The predicted molar refractivity (Wildman–Crippen MR) is 126 cm³/mol. The summed E-state index contributed by atoms with van der Waals surface area (Å²) < 4.78 is 0. The van der Waals surface area contributed by atoms with Crippen molar-refractivity contribution in [3.8, 4) is 11.1 Å². The number of carbonyl (C=O) groups is 2. The molecule has 0 atom stereocenters. The fourth-order valence-electron chi connectivity index (χ4n) is 3.65. The first-order valence-corrected chi connectivity index (χ1v) is 10.7. The molecule has 0 radical (unpaired) electrons. The number of aryl methyl sites for hydroxylation is 2. The second kappa shape index (κ2) is 10.1. The van der Waals surface area contributed by atoms with E-state index in [1.54, 1.807) is 24.3 Å². The molecular weight excluding hydrogens is 384 g/mol. The van der Waals surface area contributed by atoms with Gasteiger partial charge in [-0.05, 0) is 74.1 Å². The Hall–Kier alpha value is -3.40. The molecule has 1 N–H and O–H groups in total. The van der Waals surface area contributed by atoms with Crippen molar-refractivity contribution in [2.75, 3.05) is 0 Å². The molecule has 0 unspecified atom stereocenters. The van der Waals surface area contributed by atoms with Crippen LogP contribution >= 0.6 is 0 Å². The van der Waals surface area contributed by atoms with Crippen molar-refractivity contribution in [3.63, 3.8) is 0 Å². The molecule has 0 fully saturated rings. The Balaban J connectivity index is 1.75. The number of benzene rings is 3. The maximum Gasteiger partial charge on any atom is 0.269 e. The standard InChI is InChI=1S/C27H30N2O2/c1-19(2)29(28-27(31)23-13-6-5-7-14-23)26(30)18-17-22-12-8-9-15-25(22)24-16-10-11-20(3)21(24)4/h5-16,19H,17-18H2,1-4H3,(H,28,31). The quantitative estimate of drug-likeness (QED) is 0.543. The molecule has 2 amide bonds. The van der Waals surface area contributed by atoms with Crippen LogP contribution in [0.25, 0.3) is 11.1 Å². The minimum absolute atomic E-state index is 0.102. The Morgan fingerprint density at radius 1 is 0.839 bits per heavy atom. The Kier molecular flexibility index (Phi) is 7.24. The summed E-state index contributed by atoms with van der Waals surface area (Å²) in [5.74, 6) is -0.381. The van der Waals surface area contributed by atoms with Gasteiger partial charge in [-0.15, -0.1) is 0 Å². The van der Waals surface area contributed by atoms with Crippen molar-refractivity contribution in [3.05, 3.63) is 95.1 Å². The van der Waals surface area contributed by atoms with Crippen LogP contribution in [0.3, 0.4) is 0 Å². The molecule has 3 aromatic carbocycles. The number of rotatable bonds is 6. The zero-order chi connectivity index (χ0) is 22.4. The van der Waals surface area contributed by atoms with E-state index in [1.165, 1.54) is 21.7 Å². The van der Waals surface area contributed by atoms with E-state index in [0.717, 1.165) is 11.1 Å². The lowest BCUT2D eigenvalue weighted by molar-refractivity contribution is -0.135. The van der Waals surface area contributed by atoms with Gasteiger partial charge in [-0.2, -0.15) is 0 Å². The molecule has 0 bridgehead atoms. The third-order valence-electron chi connectivity index (χ3n) is 5.56. The van der Waals surface area contributed by atoms with Gasteiger partial charge in [-0.3, -0.25) is 20.0 Å². The van der Waals surface area contributed by atoms with Gasteiger partial charge in [0, 0.05) is 18.0 Å². The number of hydrogen-bond donors (Lipinski definition) is 1. The molecule has 31 heavy (non-hydrogen) atoms. The summed E-state index contributed by atoms with van der Waals surface area (Å²) in [5, 5.41) is 1.44. The van der Waals surface area contributed by atoms with Gasteiger partial charge in [0.25, 0.3) is 5.91 Å². The van der Waals surface area contributed by atoms with Crippen LogP contribution in [0.5, 0.6) is 0 Å². The van der Waals surface area contributed by atoms with Gasteiger partial charge in [0.2, 0.25) is 5.91 Å². The van der Waals surface area contributed by atoms with Crippen molar-refractivity contribution in [1.82, 2.24) is 10.4 Å². The van der Waals surface area contributed by atoms with Gasteiger partial charge in [-0.1, -0.05) is 60.7 Å². The lowest BCUT2D eigenvalue weighted by atomic mass is 9.92. The predicted octanol–water partition coefficient (Wildman–Crippen LogP) is 5.49. The van der Waals surface area contributed by atoms with E-state index in [4.69, 9.17) is 0 Å². The first kappa shape index (κ1) is 22.3. The summed E-state index contributed by atoms with van der Waals surface area (Å²) in [6.45, 7) is 8.04. The van der Waals surface area contributed by atoms with Crippen LogP contribution in [0.15, 0.2) is 72.8 Å². The van der Waals surface area contributed by atoms with Crippen LogP contribution < -0.4 is 5.43 Å². The minimum Gasteiger partial charge on any atom is -0.273 e. The highest BCUT2D eigenvalue weighted by molar-refractivity contribution is 5.95. The second-order valence-corrected chi connectivity index (χ2v) is 8.07. The maximum absolute atomic E-state index is 13.0. The highest BCUT2D eigenvalue weighted by Crippen LogP contribution is 2.29. The van der Waals surface area contributed by atoms with E-state index in [2.05, 4.69) is 49.6 Å². The molecule has 3 aromatic rings. The SMILES string of the molecule is Cc1cccc(-c2ccccc2CCC(=O)N(NC(=O)c2ccccc2)C(C)C)c1C. The van der Waals surface area contributed by atoms with Crippen molar-refractivity contribution in [1.29, 1.82) is 0 Å². The molecule has 0 aromatic heterocycles. The molecule has 0 aliphatic rings. The normalized spacial score (nSPS) is 10.7. The lowest BCUT2D eigenvalue weighted by Crippen LogP contribution is -2.50. The molecule has 3 rings (SSSR count). The van der Waals surface area contributed by atoms with Crippen molar-refractivity contribution >= 4 is 11.8 Å². The van der Waals surface area contributed by atoms with Gasteiger partial charge >= 0.3 is 0 Å². The van der Waals surface area contributed by atoms with Crippen LogP contribution in [0, 0.1) is 13.8 Å². The summed E-state index contributed by atoms with van der Waals surface area (Å²) in [7, 11) is 0. The molecule has 4 nitrogen and oxygen atoms in total. The van der Waals surface area contributed by atoms with Crippen LogP contribution in [0.1, 0.15) is 47.3 Å². The first-order valence-electron chi connectivity index (χ1n) is 10.7. The van der Waals surface area contributed by atoms with E-state index in [9.17, 15) is 9.59 Å². The van der Waals surface area contributed by atoms with Crippen molar-refractivity contribution in [2.24, 2.45) is 0 Å². The number of nitrogens with one attached hydrogen (secondary N) is 1. The number of carbonyl (C=O) groups excluding carboxylic acids is 2. The van der Waals surface area contributed by atoms with Crippen LogP contribution in [-0.4, -0.2) is 22.9 Å². The largest absolute Gasteiger partial charge is 0.273 e. The number of hydrogen-bond acceptors (Lipinski definition) is 2. The summed E-state index contributed by atoms with van der Waals surface area (Å²) in [6.07, 6.45) is 0.919. The highest BCUT2D eigenvalue weighted by atomic mass is 16.2. The zero-order valence-electron chi connectivity index (χ0n) is 18.7. The number of hydrazine groups is 1. The maximum atomic E-state index is 13.0. The summed E-state index contributed by atoms with van der Waals surface area (Å²) in [6, 6.07) is 23.3. The molecular formula is C27H30N2O2. The monoisotopic (exact) mass is 414 g/mol. The van der Waals surface area contributed by atoms with E-state index in [1.807, 2.05) is 32.0 Å². The van der Waals surface area contributed by atoms with Crippen LogP contribution in [0.2, 0.25) is 0 Å². The summed E-state index contributed by atoms with van der Waals surface area (Å²) in [4.78, 5) is 25.5. The van der Waals surface area contributed by atoms with E-state index in [0.29, 0.717) is 18.4 Å². The van der Waals surface area contributed by atoms with E-state index < -0.39 is 0 Å². The topological polar surface area (TPSA) is 49.4 Å². The highest BCUT2D eigenvalue weighted by Gasteiger charge is 2.20. The zero-order valence-corrected chi connectivity index (χ0v) is 18.7. The molecule has 0 aliphatic carbocycles. The third-order valence-corrected chi connectivity index (χ3v) is 5.56. The van der Waals surface area contributed by atoms with E-state index >= 15 is 0 Å². The third kappa shape index (κ3) is 5.40. The van der Waals surface area contributed by atoms with Gasteiger partial charge in [-0.25, -0.2) is 0 Å². The average Bonchev–Trinajstić information content (AvgIpc) is 2.78. The molecule has 0 saturated heterocycles. The smallest absolute Gasteiger partial charge is 0.269 e. The van der Waals surface area contributed by atoms with Crippen molar-refractivity contribution < 1.29 is 9.59 Å². The Labute approximate surface area is 184 Å². The van der Waals surface area contributed by atoms with E-state index in [-0.39, 0.29) is 17.9 Å².